The van der Waals surface area contributed by atoms with Gasteiger partial charge < -0.3 is 5.73 Å². The molecule has 0 saturated heterocycles. The maximum atomic E-state index is 6.50. The van der Waals surface area contributed by atoms with Crippen LogP contribution in [0.4, 0.5) is 0 Å². The lowest BCUT2D eigenvalue weighted by Crippen LogP contribution is -2.52. The molecule has 0 aliphatic heterocycles. The lowest BCUT2D eigenvalue weighted by molar-refractivity contribution is 0.0844. The molecule has 2 unspecified atom stereocenters. The van der Waals surface area contributed by atoms with Gasteiger partial charge in [0.15, 0.2) is 0 Å². The standard InChI is InChI=1S/C15H25ClN2/c1-5-15(4,18(6-2)7-3)14(17)12-8-10-13(16)11-9-12/h8-11,14H,5-7,17H2,1-4H3. The van der Waals surface area contributed by atoms with Gasteiger partial charge in [0.1, 0.15) is 0 Å². The van der Waals surface area contributed by atoms with E-state index in [0.29, 0.717) is 0 Å². The number of hydrogen-bond acceptors (Lipinski definition) is 2. The topological polar surface area (TPSA) is 29.3 Å². The minimum Gasteiger partial charge on any atom is -0.322 e. The van der Waals surface area contributed by atoms with Crippen molar-refractivity contribution in [3.63, 3.8) is 0 Å². The summed E-state index contributed by atoms with van der Waals surface area (Å²) >= 11 is 5.93. The first kappa shape index (κ1) is 15.5. The first-order valence-electron chi connectivity index (χ1n) is 6.75. The van der Waals surface area contributed by atoms with Crippen LogP contribution < -0.4 is 5.73 Å². The zero-order valence-electron chi connectivity index (χ0n) is 11.9. The number of hydrogen-bond donors (Lipinski definition) is 1. The average Bonchev–Trinajstić information content (AvgIpc) is 2.39. The van der Waals surface area contributed by atoms with Crippen LogP contribution in [0, 0.1) is 0 Å². The molecule has 0 aromatic heterocycles. The van der Waals surface area contributed by atoms with Gasteiger partial charge in [0.05, 0.1) is 0 Å². The van der Waals surface area contributed by atoms with Gasteiger partial charge in [0.25, 0.3) is 0 Å². The molecule has 0 aliphatic rings. The van der Waals surface area contributed by atoms with Crippen molar-refractivity contribution >= 4 is 11.6 Å². The molecule has 1 aromatic carbocycles. The highest BCUT2D eigenvalue weighted by atomic mass is 35.5. The first-order chi connectivity index (χ1) is 8.49. The molecular weight excluding hydrogens is 244 g/mol. The van der Waals surface area contributed by atoms with Crippen LogP contribution in [0.2, 0.25) is 5.02 Å². The molecule has 0 amide bonds. The number of rotatable bonds is 6. The summed E-state index contributed by atoms with van der Waals surface area (Å²) in [6, 6.07) is 7.89. The number of likely N-dealkylation sites (N-methyl/N-ethyl adjacent to an activating group) is 1. The van der Waals surface area contributed by atoms with Crippen molar-refractivity contribution < 1.29 is 0 Å². The van der Waals surface area contributed by atoms with Crippen molar-refractivity contribution in [3.05, 3.63) is 34.9 Å². The molecule has 1 aromatic rings. The lowest BCUT2D eigenvalue weighted by Gasteiger charge is -2.44. The minimum absolute atomic E-state index is 0.000309. The van der Waals surface area contributed by atoms with E-state index in [1.807, 2.05) is 24.3 Å². The van der Waals surface area contributed by atoms with Crippen LogP contribution in [0.25, 0.3) is 0 Å². The molecule has 0 fully saturated rings. The fraction of sp³-hybridized carbons (Fsp3) is 0.600. The fourth-order valence-electron chi connectivity index (χ4n) is 2.62. The summed E-state index contributed by atoms with van der Waals surface area (Å²) in [5.74, 6) is 0. The molecule has 2 N–H and O–H groups in total. The Hall–Kier alpha value is -0.570. The first-order valence-corrected chi connectivity index (χ1v) is 7.13. The van der Waals surface area contributed by atoms with Crippen LogP contribution in [-0.2, 0) is 0 Å². The van der Waals surface area contributed by atoms with Gasteiger partial charge in [-0.15, -0.1) is 0 Å². The van der Waals surface area contributed by atoms with Gasteiger partial charge in [-0.3, -0.25) is 4.90 Å². The van der Waals surface area contributed by atoms with E-state index < -0.39 is 0 Å². The molecule has 1 rings (SSSR count). The highest BCUT2D eigenvalue weighted by molar-refractivity contribution is 6.30. The molecule has 0 bridgehead atoms. The monoisotopic (exact) mass is 268 g/mol. The maximum absolute atomic E-state index is 6.50. The van der Waals surface area contributed by atoms with E-state index in [-0.39, 0.29) is 11.6 Å². The van der Waals surface area contributed by atoms with Gasteiger partial charge in [0.2, 0.25) is 0 Å². The van der Waals surface area contributed by atoms with Crippen molar-refractivity contribution in [2.45, 2.75) is 45.7 Å². The van der Waals surface area contributed by atoms with Gasteiger partial charge in [-0.25, -0.2) is 0 Å². The zero-order valence-corrected chi connectivity index (χ0v) is 12.7. The minimum atomic E-state index is -0.0165. The Bertz CT molecular complexity index is 359. The molecular formula is C15H25ClN2. The third-order valence-electron chi connectivity index (χ3n) is 4.10. The summed E-state index contributed by atoms with van der Waals surface area (Å²) in [6.45, 7) is 10.9. The normalized spacial score (nSPS) is 16.6. The van der Waals surface area contributed by atoms with Gasteiger partial charge >= 0.3 is 0 Å². The second kappa shape index (κ2) is 6.55. The molecule has 18 heavy (non-hydrogen) atoms. The molecule has 2 atom stereocenters. The second-order valence-corrected chi connectivity index (χ2v) is 5.35. The van der Waals surface area contributed by atoms with E-state index in [9.17, 15) is 0 Å². The summed E-state index contributed by atoms with van der Waals surface area (Å²) < 4.78 is 0. The van der Waals surface area contributed by atoms with Crippen LogP contribution in [0.1, 0.15) is 45.7 Å². The Morgan fingerprint density at radius 3 is 2.06 bits per heavy atom. The Kier molecular flexibility index (Phi) is 5.64. The predicted octanol–water partition coefficient (Wildman–Crippen LogP) is 3.85. The van der Waals surface area contributed by atoms with E-state index in [0.717, 1.165) is 30.1 Å². The summed E-state index contributed by atoms with van der Waals surface area (Å²) in [7, 11) is 0. The molecule has 2 nitrogen and oxygen atoms in total. The number of halogens is 1. The number of nitrogens with two attached hydrogens (primary N) is 1. The SMILES string of the molecule is CCN(CC)C(C)(CC)C(N)c1ccc(Cl)cc1. The molecule has 0 saturated carbocycles. The smallest absolute Gasteiger partial charge is 0.0479 e. The van der Waals surface area contributed by atoms with Crippen LogP contribution in [0.3, 0.4) is 0 Å². The Morgan fingerprint density at radius 2 is 1.67 bits per heavy atom. The average molecular weight is 269 g/mol. The highest BCUT2D eigenvalue weighted by Gasteiger charge is 2.35. The van der Waals surface area contributed by atoms with Gasteiger partial charge in [-0.1, -0.05) is 44.5 Å². The molecule has 102 valence electrons. The third-order valence-corrected chi connectivity index (χ3v) is 4.35. The van der Waals surface area contributed by atoms with Crippen molar-refractivity contribution in [1.29, 1.82) is 0 Å². The van der Waals surface area contributed by atoms with E-state index in [1.54, 1.807) is 0 Å². The Labute approximate surface area is 116 Å². The molecule has 0 radical (unpaired) electrons. The molecule has 0 spiro atoms. The largest absolute Gasteiger partial charge is 0.322 e. The van der Waals surface area contributed by atoms with Gasteiger partial charge in [-0.2, -0.15) is 0 Å². The van der Waals surface area contributed by atoms with Crippen molar-refractivity contribution in [1.82, 2.24) is 4.90 Å². The van der Waals surface area contributed by atoms with E-state index in [2.05, 4.69) is 32.6 Å². The maximum Gasteiger partial charge on any atom is 0.0479 e. The number of benzene rings is 1. The van der Waals surface area contributed by atoms with Gasteiger partial charge in [-0.05, 0) is 44.1 Å². The molecule has 0 aliphatic carbocycles. The van der Waals surface area contributed by atoms with Crippen molar-refractivity contribution in [2.75, 3.05) is 13.1 Å². The fourth-order valence-corrected chi connectivity index (χ4v) is 2.74. The number of nitrogens with zero attached hydrogens (tertiary/aromatic N) is 1. The van der Waals surface area contributed by atoms with E-state index >= 15 is 0 Å². The molecule has 0 heterocycles. The van der Waals surface area contributed by atoms with Crippen LogP contribution >= 0.6 is 11.6 Å². The predicted molar refractivity (Wildman–Crippen MR) is 80.0 cm³/mol. The van der Waals surface area contributed by atoms with Crippen molar-refractivity contribution in [3.8, 4) is 0 Å². The summed E-state index contributed by atoms with van der Waals surface area (Å²) in [5.41, 5.74) is 7.63. The lowest BCUT2D eigenvalue weighted by atomic mass is 9.83. The summed E-state index contributed by atoms with van der Waals surface area (Å²) in [5, 5.41) is 0.756. The highest BCUT2D eigenvalue weighted by Crippen LogP contribution is 2.32. The summed E-state index contributed by atoms with van der Waals surface area (Å²) in [4.78, 5) is 2.44. The van der Waals surface area contributed by atoms with Gasteiger partial charge in [0, 0.05) is 16.6 Å². The zero-order chi connectivity index (χ0) is 13.8. The van der Waals surface area contributed by atoms with Crippen LogP contribution in [0.5, 0.6) is 0 Å². The molecule has 3 heteroatoms. The third kappa shape index (κ3) is 3.05. The van der Waals surface area contributed by atoms with Crippen molar-refractivity contribution in [2.24, 2.45) is 5.73 Å². The Balaban J connectivity index is 3.03. The van der Waals surface area contributed by atoms with E-state index in [4.69, 9.17) is 17.3 Å². The Morgan fingerprint density at radius 1 is 1.17 bits per heavy atom. The van der Waals surface area contributed by atoms with Crippen LogP contribution in [0.15, 0.2) is 24.3 Å². The van der Waals surface area contributed by atoms with Crippen LogP contribution in [-0.4, -0.2) is 23.5 Å². The van der Waals surface area contributed by atoms with E-state index in [1.165, 1.54) is 0 Å². The second-order valence-electron chi connectivity index (χ2n) is 4.91. The summed E-state index contributed by atoms with van der Waals surface area (Å²) in [6.07, 6.45) is 1.03. The quantitative estimate of drug-likeness (QED) is 0.849.